The van der Waals surface area contributed by atoms with Gasteiger partial charge >= 0.3 is 0 Å². The molecule has 108 valence electrons. The van der Waals surface area contributed by atoms with E-state index in [1.807, 2.05) is 36.4 Å². The number of halogens is 2. The highest BCUT2D eigenvalue weighted by Gasteiger charge is 2.12. The van der Waals surface area contributed by atoms with E-state index in [1.54, 1.807) is 16.7 Å². The van der Waals surface area contributed by atoms with Gasteiger partial charge in [-0.25, -0.2) is 4.98 Å². The summed E-state index contributed by atoms with van der Waals surface area (Å²) < 4.78 is 2.68. The van der Waals surface area contributed by atoms with Crippen molar-refractivity contribution < 1.29 is 21.8 Å². The predicted octanol–water partition coefficient (Wildman–Crippen LogP) is 0.268. The van der Waals surface area contributed by atoms with Gasteiger partial charge in [-0.3, -0.25) is 4.79 Å². The van der Waals surface area contributed by atoms with E-state index >= 15 is 0 Å². The van der Waals surface area contributed by atoms with Crippen LogP contribution in [0.25, 0.3) is 11.0 Å². The molecule has 3 rings (SSSR count). The summed E-state index contributed by atoms with van der Waals surface area (Å²) in [7, 11) is 0. The van der Waals surface area contributed by atoms with Crippen LogP contribution in [0.5, 0.6) is 0 Å². The molecule has 0 saturated heterocycles. The van der Waals surface area contributed by atoms with Crippen LogP contribution in [0.3, 0.4) is 0 Å². The van der Waals surface area contributed by atoms with Crippen LogP contribution in [0.15, 0.2) is 53.0 Å². The monoisotopic (exact) mass is 408 g/mol. The van der Waals surface area contributed by atoms with Crippen molar-refractivity contribution in [2.24, 2.45) is 0 Å². The molecule has 3 aromatic rings. The van der Waals surface area contributed by atoms with Gasteiger partial charge in [-0.15, -0.1) is 0 Å². The molecule has 0 aliphatic heterocycles. The first-order valence-electron chi connectivity index (χ1n) is 6.14. The molecule has 0 spiro atoms. The molecule has 1 aromatic heterocycles. The number of carbonyl (C=O) groups is 1. The minimum Gasteiger partial charge on any atom is -1.00 e. The topological polar surface area (TPSA) is 60.9 Å². The first kappa shape index (κ1) is 15.7. The van der Waals surface area contributed by atoms with E-state index in [2.05, 4.69) is 20.9 Å². The number of Topliss-reactive ketones (excluding diaryl/α,β-unsaturated/α-hetero) is 1. The number of ketones is 1. The second-order valence-electron chi connectivity index (χ2n) is 4.47. The molecule has 4 nitrogen and oxygen atoms in total. The zero-order chi connectivity index (χ0) is 14.1. The largest absolute Gasteiger partial charge is 1.00 e. The standard InChI is InChI=1S/C15H12BrN3O.BrH/c16-11-7-5-10(6-8-11)14(20)9-19-13-4-2-1-3-12(13)18-15(19)17;/h1-8H,9H2,(H2,17,18);1H/p-1. The lowest BCUT2D eigenvalue weighted by molar-refractivity contribution is -0.0000119. The normalized spacial score (nSPS) is 10.3. The highest BCUT2D eigenvalue weighted by atomic mass is 79.9. The van der Waals surface area contributed by atoms with Gasteiger partial charge in [0.2, 0.25) is 5.95 Å². The Hall–Kier alpha value is -1.66. The van der Waals surface area contributed by atoms with Crippen LogP contribution in [-0.2, 0) is 6.54 Å². The Morgan fingerprint density at radius 3 is 2.52 bits per heavy atom. The van der Waals surface area contributed by atoms with Gasteiger partial charge in [-0.1, -0.05) is 40.2 Å². The van der Waals surface area contributed by atoms with E-state index in [1.165, 1.54) is 0 Å². The van der Waals surface area contributed by atoms with Gasteiger partial charge in [0.15, 0.2) is 5.78 Å². The van der Waals surface area contributed by atoms with Crippen molar-refractivity contribution in [3.05, 3.63) is 58.6 Å². The molecule has 0 bridgehead atoms. The molecule has 1 heterocycles. The maximum Gasteiger partial charge on any atom is 0.201 e. The van der Waals surface area contributed by atoms with Crippen LogP contribution in [0.1, 0.15) is 10.4 Å². The zero-order valence-electron chi connectivity index (χ0n) is 11.0. The van der Waals surface area contributed by atoms with Gasteiger partial charge in [-0.05, 0) is 24.3 Å². The lowest BCUT2D eigenvalue weighted by Crippen LogP contribution is -3.00. The Labute approximate surface area is 140 Å². The van der Waals surface area contributed by atoms with Crippen molar-refractivity contribution >= 4 is 38.7 Å². The van der Waals surface area contributed by atoms with E-state index in [9.17, 15) is 4.79 Å². The Morgan fingerprint density at radius 2 is 1.81 bits per heavy atom. The van der Waals surface area contributed by atoms with Crippen LogP contribution in [-0.4, -0.2) is 15.3 Å². The lowest BCUT2D eigenvalue weighted by atomic mass is 10.1. The molecule has 0 saturated carbocycles. The SMILES string of the molecule is Nc1nc2ccccc2n1CC(=O)c1ccc(Br)cc1.[Br-]. The number of para-hydroxylation sites is 2. The Bertz CT molecular complexity index is 781. The fourth-order valence-corrected chi connectivity index (χ4v) is 2.40. The summed E-state index contributed by atoms with van der Waals surface area (Å²) in [4.78, 5) is 16.6. The average molecular weight is 410 g/mol. The van der Waals surface area contributed by atoms with Crippen LogP contribution >= 0.6 is 15.9 Å². The second kappa shape index (κ2) is 6.41. The molecular weight excluding hydrogens is 398 g/mol. The van der Waals surface area contributed by atoms with E-state index < -0.39 is 0 Å². The fraction of sp³-hybridized carbons (Fsp3) is 0.0667. The van der Waals surface area contributed by atoms with Crippen LogP contribution in [0.2, 0.25) is 0 Å². The molecule has 2 aromatic carbocycles. The van der Waals surface area contributed by atoms with Crippen LogP contribution < -0.4 is 22.7 Å². The number of nitrogens with zero attached hydrogens (tertiary/aromatic N) is 2. The molecule has 0 aliphatic rings. The van der Waals surface area contributed by atoms with Crippen molar-refractivity contribution in [2.75, 3.05) is 5.73 Å². The fourth-order valence-electron chi connectivity index (χ4n) is 2.13. The third kappa shape index (κ3) is 3.16. The molecule has 2 N–H and O–H groups in total. The third-order valence-electron chi connectivity index (χ3n) is 3.15. The highest BCUT2D eigenvalue weighted by Crippen LogP contribution is 2.18. The summed E-state index contributed by atoms with van der Waals surface area (Å²) in [5.41, 5.74) is 8.22. The van der Waals surface area contributed by atoms with Crippen LogP contribution in [0, 0.1) is 0 Å². The van der Waals surface area contributed by atoms with Crippen LogP contribution in [0.4, 0.5) is 5.95 Å². The third-order valence-corrected chi connectivity index (χ3v) is 3.68. The van der Waals surface area contributed by atoms with E-state index in [0.717, 1.165) is 15.5 Å². The molecule has 0 aliphatic carbocycles. The average Bonchev–Trinajstić information content (AvgIpc) is 2.76. The molecule has 6 heteroatoms. The minimum atomic E-state index is 0. The molecule has 0 amide bonds. The van der Waals surface area contributed by atoms with Gasteiger partial charge in [0.1, 0.15) is 0 Å². The van der Waals surface area contributed by atoms with Gasteiger partial charge in [0.05, 0.1) is 17.6 Å². The molecule has 0 atom stereocenters. The van der Waals surface area contributed by atoms with Crippen molar-refractivity contribution in [2.45, 2.75) is 6.54 Å². The van der Waals surface area contributed by atoms with Gasteiger partial charge in [0, 0.05) is 10.0 Å². The highest BCUT2D eigenvalue weighted by molar-refractivity contribution is 9.10. The summed E-state index contributed by atoms with van der Waals surface area (Å²) >= 11 is 3.35. The Kier molecular flexibility index (Phi) is 4.80. The minimum absolute atomic E-state index is 0. The molecular formula is C15H12Br2N3O-. The second-order valence-corrected chi connectivity index (χ2v) is 5.39. The number of hydrogen-bond acceptors (Lipinski definition) is 3. The van der Waals surface area contributed by atoms with Crippen molar-refractivity contribution in [1.29, 1.82) is 0 Å². The van der Waals surface area contributed by atoms with Gasteiger partial charge < -0.3 is 27.3 Å². The Morgan fingerprint density at radius 1 is 1.14 bits per heavy atom. The molecule has 21 heavy (non-hydrogen) atoms. The number of imidazole rings is 1. The molecule has 0 fully saturated rings. The zero-order valence-corrected chi connectivity index (χ0v) is 14.1. The van der Waals surface area contributed by atoms with E-state index in [4.69, 9.17) is 5.73 Å². The summed E-state index contributed by atoms with van der Waals surface area (Å²) in [6, 6.07) is 14.9. The number of anilines is 1. The molecule has 0 unspecified atom stereocenters. The smallest absolute Gasteiger partial charge is 0.201 e. The summed E-state index contributed by atoms with van der Waals surface area (Å²) in [5.74, 6) is 0.365. The van der Waals surface area contributed by atoms with E-state index in [-0.39, 0.29) is 29.3 Å². The number of hydrogen-bond donors (Lipinski definition) is 1. The predicted molar refractivity (Wildman–Crippen MR) is 82.6 cm³/mol. The number of fused-ring (bicyclic) bond motifs is 1. The Balaban J connectivity index is 0.00000161. The van der Waals surface area contributed by atoms with Crippen molar-refractivity contribution in [3.8, 4) is 0 Å². The number of nitrogen functional groups attached to an aromatic ring is 1. The first-order chi connectivity index (χ1) is 9.65. The number of benzene rings is 2. The quantitative estimate of drug-likeness (QED) is 0.631. The summed E-state index contributed by atoms with van der Waals surface area (Å²) in [6.07, 6.45) is 0. The maximum atomic E-state index is 12.3. The first-order valence-corrected chi connectivity index (χ1v) is 6.94. The van der Waals surface area contributed by atoms with Crippen molar-refractivity contribution in [3.63, 3.8) is 0 Å². The summed E-state index contributed by atoms with van der Waals surface area (Å²) in [6.45, 7) is 0.188. The lowest BCUT2D eigenvalue weighted by Gasteiger charge is -2.06. The number of aromatic nitrogens is 2. The van der Waals surface area contributed by atoms with Gasteiger partial charge in [0.25, 0.3) is 0 Å². The number of rotatable bonds is 3. The van der Waals surface area contributed by atoms with E-state index in [0.29, 0.717) is 11.5 Å². The van der Waals surface area contributed by atoms with Crippen molar-refractivity contribution in [1.82, 2.24) is 9.55 Å². The van der Waals surface area contributed by atoms with Gasteiger partial charge in [-0.2, -0.15) is 0 Å². The maximum absolute atomic E-state index is 12.3. The number of nitrogens with two attached hydrogens (primary N) is 1. The summed E-state index contributed by atoms with van der Waals surface area (Å²) in [5, 5.41) is 0. The molecule has 0 radical (unpaired) electrons. The number of carbonyl (C=O) groups excluding carboxylic acids is 1.